The Balaban J connectivity index is 2.09. The Kier molecular flexibility index (Phi) is 3.44. The number of imidazole rings is 1. The summed E-state index contributed by atoms with van der Waals surface area (Å²) in [5.74, 6) is 1.66. The number of nitrogens with zero attached hydrogens (tertiary/aromatic N) is 2. The van der Waals surface area contributed by atoms with Gasteiger partial charge in [0.2, 0.25) is 0 Å². The monoisotopic (exact) mass is 232 g/mol. The first kappa shape index (κ1) is 11.7. The smallest absolute Gasteiger partial charge is 0.118 e. The van der Waals surface area contributed by atoms with Crippen LogP contribution in [0.15, 0.2) is 36.7 Å². The maximum Gasteiger partial charge on any atom is 0.118 e. The summed E-state index contributed by atoms with van der Waals surface area (Å²) in [6.45, 7) is 0. The summed E-state index contributed by atoms with van der Waals surface area (Å²) in [6, 6.07) is 7.42. The molecule has 17 heavy (non-hydrogen) atoms. The third-order valence-corrected chi connectivity index (χ3v) is 2.80. The summed E-state index contributed by atoms with van der Waals surface area (Å²) in [5, 5.41) is 10.1. The minimum atomic E-state index is -0.540. The van der Waals surface area contributed by atoms with Gasteiger partial charge in [0.25, 0.3) is 0 Å². The second kappa shape index (κ2) is 5.01. The zero-order valence-electron chi connectivity index (χ0n) is 10.00. The van der Waals surface area contributed by atoms with Gasteiger partial charge in [-0.05, 0) is 17.7 Å². The minimum absolute atomic E-state index is 0.510. The van der Waals surface area contributed by atoms with Gasteiger partial charge in [-0.15, -0.1) is 0 Å². The van der Waals surface area contributed by atoms with Crippen LogP contribution in [0.4, 0.5) is 0 Å². The van der Waals surface area contributed by atoms with Crippen molar-refractivity contribution in [1.29, 1.82) is 0 Å². The number of aryl methyl sites for hydroxylation is 1. The van der Waals surface area contributed by atoms with E-state index < -0.39 is 6.10 Å². The SMILES string of the molecule is COc1ccc([C@H](O)Cc2nccn2C)cc1. The molecule has 0 bridgehead atoms. The van der Waals surface area contributed by atoms with Gasteiger partial charge < -0.3 is 14.4 Å². The van der Waals surface area contributed by atoms with Crippen LogP contribution in [0.3, 0.4) is 0 Å². The number of methoxy groups -OCH3 is 1. The lowest BCUT2D eigenvalue weighted by atomic mass is 10.1. The molecule has 2 rings (SSSR count). The molecule has 1 heterocycles. The van der Waals surface area contributed by atoms with Crippen LogP contribution in [0, 0.1) is 0 Å². The highest BCUT2D eigenvalue weighted by atomic mass is 16.5. The van der Waals surface area contributed by atoms with Gasteiger partial charge in [-0.1, -0.05) is 12.1 Å². The van der Waals surface area contributed by atoms with Gasteiger partial charge >= 0.3 is 0 Å². The molecular weight excluding hydrogens is 216 g/mol. The summed E-state index contributed by atoms with van der Waals surface area (Å²) in [7, 11) is 3.54. The van der Waals surface area contributed by atoms with Crippen molar-refractivity contribution in [2.45, 2.75) is 12.5 Å². The standard InChI is InChI=1S/C13H16N2O2/c1-15-8-7-14-13(15)9-12(16)10-3-5-11(17-2)6-4-10/h3-8,12,16H,9H2,1-2H3/t12-/m1/s1. The van der Waals surface area contributed by atoms with E-state index in [0.29, 0.717) is 6.42 Å². The Hall–Kier alpha value is -1.81. The summed E-state index contributed by atoms with van der Waals surface area (Å²) in [4.78, 5) is 4.19. The number of aliphatic hydroxyl groups excluding tert-OH is 1. The van der Waals surface area contributed by atoms with Crippen LogP contribution in [-0.2, 0) is 13.5 Å². The largest absolute Gasteiger partial charge is 0.497 e. The van der Waals surface area contributed by atoms with Crippen LogP contribution in [0.25, 0.3) is 0 Å². The van der Waals surface area contributed by atoms with E-state index in [9.17, 15) is 5.11 Å². The molecule has 0 spiro atoms. The molecule has 0 amide bonds. The first-order valence-corrected chi connectivity index (χ1v) is 5.49. The van der Waals surface area contributed by atoms with Crippen LogP contribution < -0.4 is 4.74 Å². The summed E-state index contributed by atoms with van der Waals surface area (Å²) >= 11 is 0. The molecule has 1 aromatic heterocycles. The van der Waals surface area contributed by atoms with Crippen molar-refractivity contribution in [3.8, 4) is 5.75 Å². The molecule has 90 valence electrons. The molecule has 0 saturated heterocycles. The lowest BCUT2D eigenvalue weighted by molar-refractivity contribution is 0.175. The lowest BCUT2D eigenvalue weighted by Crippen LogP contribution is -2.06. The predicted octanol–water partition coefficient (Wildman–Crippen LogP) is 1.70. The molecule has 1 atom stereocenters. The summed E-state index contributed by atoms with van der Waals surface area (Å²) in [5.41, 5.74) is 0.869. The van der Waals surface area contributed by atoms with Crippen molar-refractivity contribution in [2.75, 3.05) is 7.11 Å². The Morgan fingerprint density at radius 1 is 1.35 bits per heavy atom. The molecule has 0 aliphatic heterocycles. The van der Waals surface area contributed by atoms with Gasteiger partial charge in [-0.3, -0.25) is 0 Å². The van der Waals surface area contributed by atoms with Crippen molar-refractivity contribution >= 4 is 0 Å². The fourth-order valence-corrected chi connectivity index (χ4v) is 1.71. The van der Waals surface area contributed by atoms with Gasteiger partial charge in [0.1, 0.15) is 11.6 Å². The Labute approximate surface area is 100 Å². The molecule has 0 saturated carbocycles. The van der Waals surface area contributed by atoms with Crippen LogP contribution in [0.1, 0.15) is 17.5 Å². The maximum absolute atomic E-state index is 10.1. The first-order valence-electron chi connectivity index (χ1n) is 5.49. The van der Waals surface area contributed by atoms with Crippen molar-refractivity contribution in [3.05, 3.63) is 48.0 Å². The third kappa shape index (κ3) is 2.65. The van der Waals surface area contributed by atoms with Gasteiger partial charge in [0, 0.05) is 25.9 Å². The quantitative estimate of drug-likeness (QED) is 0.872. The van der Waals surface area contributed by atoms with E-state index in [2.05, 4.69) is 4.98 Å². The Morgan fingerprint density at radius 3 is 2.59 bits per heavy atom. The average Bonchev–Trinajstić information content (AvgIpc) is 2.75. The maximum atomic E-state index is 10.1. The topological polar surface area (TPSA) is 47.3 Å². The molecule has 0 aliphatic rings. The number of rotatable bonds is 4. The average molecular weight is 232 g/mol. The molecule has 0 fully saturated rings. The number of hydrogen-bond donors (Lipinski definition) is 1. The first-order chi connectivity index (χ1) is 8.20. The van der Waals surface area contributed by atoms with E-state index in [4.69, 9.17) is 4.74 Å². The molecule has 1 aromatic carbocycles. The van der Waals surface area contributed by atoms with Crippen molar-refractivity contribution in [3.63, 3.8) is 0 Å². The highest BCUT2D eigenvalue weighted by Gasteiger charge is 2.11. The lowest BCUT2D eigenvalue weighted by Gasteiger charge is -2.11. The van der Waals surface area contributed by atoms with Gasteiger partial charge in [-0.25, -0.2) is 4.98 Å². The predicted molar refractivity (Wildman–Crippen MR) is 64.9 cm³/mol. The van der Waals surface area contributed by atoms with Crippen molar-refractivity contribution in [1.82, 2.24) is 9.55 Å². The van der Waals surface area contributed by atoms with E-state index in [1.807, 2.05) is 42.1 Å². The van der Waals surface area contributed by atoms with Gasteiger partial charge in [-0.2, -0.15) is 0 Å². The fourth-order valence-electron chi connectivity index (χ4n) is 1.71. The number of aromatic nitrogens is 2. The van der Waals surface area contributed by atoms with Gasteiger partial charge in [0.15, 0.2) is 0 Å². The highest BCUT2D eigenvalue weighted by Crippen LogP contribution is 2.20. The van der Waals surface area contributed by atoms with Crippen LogP contribution in [0.2, 0.25) is 0 Å². The van der Waals surface area contributed by atoms with E-state index >= 15 is 0 Å². The van der Waals surface area contributed by atoms with E-state index in [1.54, 1.807) is 13.3 Å². The van der Waals surface area contributed by atoms with Crippen LogP contribution >= 0.6 is 0 Å². The minimum Gasteiger partial charge on any atom is -0.497 e. The highest BCUT2D eigenvalue weighted by molar-refractivity contribution is 5.28. The molecule has 0 unspecified atom stereocenters. The fraction of sp³-hybridized carbons (Fsp3) is 0.308. The molecule has 1 N–H and O–H groups in total. The Morgan fingerprint density at radius 2 is 2.06 bits per heavy atom. The third-order valence-electron chi connectivity index (χ3n) is 2.80. The molecule has 4 heteroatoms. The number of hydrogen-bond acceptors (Lipinski definition) is 3. The zero-order valence-corrected chi connectivity index (χ0v) is 10.00. The van der Waals surface area contributed by atoms with Crippen molar-refractivity contribution in [2.24, 2.45) is 7.05 Å². The van der Waals surface area contributed by atoms with Crippen LogP contribution in [0.5, 0.6) is 5.75 Å². The molecule has 0 radical (unpaired) electrons. The second-order valence-corrected chi connectivity index (χ2v) is 3.95. The zero-order chi connectivity index (χ0) is 12.3. The number of aliphatic hydroxyl groups is 1. The Bertz CT molecular complexity index is 476. The van der Waals surface area contributed by atoms with Gasteiger partial charge in [0.05, 0.1) is 13.2 Å². The van der Waals surface area contributed by atoms with E-state index in [-0.39, 0.29) is 0 Å². The van der Waals surface area contributed by atoms with Crippen LogP contribution in [-0.4, -0.2) is 21.8 Å². The molecular formula is C13H16N2O2. The summed E-state index contributed by atoms with van der Waals surface area (Å²) in [6.07, 6.45) is 3.57. The molecule has 2 aromatic rings. The molecule has 4 nitrogen and oxygen atoms in total. The van der Waals surface area contributed by atoms with E-state index in [0.717, 1.165) is 17.1 Å². The summed E-state index contributed by atoms with van der Waals surface area (Å²) < 4.78 is 6.99. The molecule has 0 aliphatic carbocycles. The normalized spacial score (nSPS) is 12.4. The van der Waals surface area contributed by atoms with E-state index in [1.165, 1.54) is 0 Å². The van der Waals surface area contributed by atoms with Crippen molar-refractivity contribution < 1.29 is 9.84 Å². The number of ether oxygens (including phenoxy) is 1. The number of benzene rings is 1. The second-order valence-electron chi connectivity index (χ2n) is 3.95.